The van der Waals surface area contributed by atoms with Crippen LogP contribution in [0.3, 0.4) is 0 Å². The molecule has 0 saturated carbocycles. The lowest BCUT2D eigenvalue weighted by Crippen LogP contribution is -2.67. The maximum Gasteiger partial charge on any atom is 0.422 e. The molecule has 6 rings (SSSR count). The van der Waals surface area contributed by atoms with E-state index in [4.69, 9.17) is 14.2 Å². The van der Waals surface area contributed by atoms with Crippen LogP contribution in [0.15, 0.2) is 73.2 Å². The number of aromatic nitrogens is 4. The number of alkyl halides is 3. The predicted molar refractivity (Wildman–Crippen MR) is 192 cm³/mol. The smallest absolute Gasteiger partial charge is 0.422 e. The number of carbonyl (C=O) groups excluding carboxylic acids is 1. The number of methoxy groups -OCH3 is 1. The third-order valence-corrected chi connectivity index (χ3v) is 8.72. The van der Waals surface area contributed by atoms with Crippen molar-refractivity contribution in [2.45, 2.75) is 37.6 Å². The molecule has 2 aromatic heterocycles. The zero-order valence-corrected chi connectivity index (χ0v) is 30.4. The summed E-state index contributed by atoms with van der Waals surface area (Å²) in [4.78, 5) is 35.3. The van der Waals surface area contributed by atoms with Crippen molar-refractivity contribution < 1.29 is 32.2 Å². The number of hydrogen-bond acceptors (Lipinski definition) is 9. The normalized spacial score (nSPS) is 17.7. The van der Waals surface area contributed by atoms with Crippen LogP contribution >= 0.6 is 37.2 Å². The van der Waals surface area contributed by atoms with Crippen molar-refractivity contribution in [3.05, 3.63) is 95.6 Å². The number of rotatable bonds is 11. The Balaban J connectivity index is 0.00000234. The zero-order valence-electron chi connectivity index (χ0n) is 28.0. The van der Waals surface area contributed by atoms with Gasteiger partial charge in [0.1, 0.15) is 5.69 Å². The van der Waals surface area contributed by atoms with E-state index in [2.05, 4.69) is 54.0 Å². The Morgan fingerprint density at radius 3 is 2.14 bits per heavy atom. The molecule has 0 unspecified atom stereocenters. The summed E-state index contributed by atoms with van der Waals surface area (Å²) in [6, 6.07) is 20.3. The monoisotopic (exact) mass is 773 g/mol. The fraction of sp³-hybridized carbons (Fsp3) is 0.412. The van der Waals surface area contributed by atoms with E-state index in [1.165, 1.54) is 19.6 Å². The highest BCUT2D eigenvalue weighted by atomic mass is 35.5. The van der Waals surface area contributed by atoms with Crippen LogP contribution in [0, 0.1) is 0 Å². The molecular formula is C34H41Cl3F3N7O4. The average molecular weight is 775 g/mol. The van der Waals surface area contributed by atoms with Gasteiger partial charge >= 0.3 is 12.2 Å². The van der Waals surface area contributed by atoms with Crippen molar-refractivity contribution in [3.8, 4) is 17.8 Å². The number of fused-ring (bicyclic) bond motifs is 1. The molecule has 2 aromatic carbocycles. The van der Waals surface area contributed by atoms with E-state index in [1.54, 1.807) is 6.92 Å². The summed E-state index contributed by atoms with van der Waals surface area (Å²) in [5.41, 5.74) is 2.99. The van der Waals surface area contributed by atoms with Crippen LogP contribution in [0.2, 0.25) is 0 Å². The molecule has 1 amide bonds. The molecule has 0 aliphatic carbocycles. The Labute approximate surface area is 313 Å². The van der Waals surface area contributed by atoms with E-state index in [-0.39, 0.29) is 97.6 Å². The van der Waals surface area contributed by atoms with Gasteiger partial charge in [0.25, 0.3) is 5.91 Å². The van der Waals surface area contributed by atoms with Crippen LogP contribution in [0.4, 0.5) is 13.2 Å². The summed E-state index contributed by atoms with van der Waals surface area (Å²) in [6.45, 7) is 3.28. The number of amides is 1. The first-order valence-corrected chi connectivity index (χ1v) is 15.9. The molecule has 278 valence electrons. The average Bonchev–Trinajstić information content (AvgIpc) is 3.64. The number of ether oxygens (including phenoxy) is 3. The van der Waals surface area contributed by atoms with Gasteiger partial charge in [0.15, 0.2) is 6.61 Å². The first-order valence-electron chi connectivity index (χ1n) is 15.9. The summed E-state index contributed by atoms with van der Waals surface area (Å²) >= 11 is 0. The van der Waals surface area contributed by atoms with Crippen molar-refractivity contribution in [1.82, 2.24) is 34.6 Å². The number of nitrogens with zero attached hydrogens (tertiary/aromatic N) is 6. The number of carbonyl (C=O) groups is 1. The van der Waals surface area contributed by atoms with E-state index in [0.717, 1.165) is 11.1 Å². The molecule has 17 heteroatoms. The van der Waals surface area contributed by atoms with Crippen LogP contribution in [-0.2, 0) is 6.54 Å². The van der Waals surface area contributed by atoms with Crippen molar-refractivity contribution in [3.63, 3.8) is 0 Å². The van der Waals surface area contributed by atoms with Gasteiger partial charge in [-0.15, -0.1) is 37.2 Å². The number of benzene rings is 2. The van der Waals surface area contributed by atoms with Gasteiger partial charge in [0, 0.05) is 57.3 Å². The molecular weight excluding hydrogens is 734 g/mol. The molecule has 2 aliphatic heterocycles. The maximum absolute atomic E-state index is 13.4. The SMILES string of the molecule is CCOc1nc(OC)c(CN2C[C@@H]3CN(C(=O)c4cnc[nH]4)CCN3[C@H](C(c3ccccc3)c3ccccc3)C2)c(OCC(F)(F)F)n1.Cl.Cl.Cl. The Hall–Kier alpha value is -3.82. The fourth-order valence-corrected chi connectivity index (χ4v) is 6.74. The summed E-state index contributed by atoms with van der Waals surface area (Å²) in [6.07, 6.45) is -1.58. The summed E-state index contributed by atoms with van der Waals surface area (Å²) in [7, 11) is 1.40. The highest BCUT2D eigenvalue weighted by Gasteiger charge is 2.44. The summed E-state index contributed by atoms with van der Waals surface area (Å²) in [5.74, 6) is -0.337. The largest absolute Gasteiger partial charge is 0.481 e. The molecule has 2 saturated heterocycles. The van der Waals surface area contributed by atoms with E-state index < -0.39 is 12.8 Å². The topological polar surface area (TPSA) is 109 Å². The van der Waals surface area contributed by atoms with Gasteiger partial charge in [-0.25, -0.2) is 4.98 Å². The molecule has 0 spiro atoms. The number of piperazine rings is 2. The van der Waals surface area contributed by atoms with Crippen molar-refractivity contribution in [2.75, 3.05) is 53.0 Å². The predicted octanol–water partition coefficient (Wildman–Crippen LogP) is 5.66. The van der Waals surface area contributed by atoms with Crippen LogP contribution in [0.1, 0.15) is 40.0 Å². The second-order valence-corrected chi connectivity index (χ2v) is 11.8. The standard InChI is InChI=1S/C34H38F3N7O4.3ClH/c1-3-47-33-40-30(46-2)26(31(41-33)48-21-34(35,36)37)19-42-17-25-18-43(32(45)27-16-38-22-39-27)14-15-44(25)28(20-42)29(23-10-6-4-7-11-23)24-12-8-5-9-13-24;;;/h4-13,16,22,25,28-29H,3,14-15,17-21H2,1-2H3,(H,38,39);3*1H/t25-,28+;;;/m1.../s1. The first kappa shape index (κ1) is 41.6. The highest BCUT2D eigenvalue weighted by Crippen LogP contribution is 2.38. The lowest BCUT2D eigenvalue weighted by Gasteiger charge is -2.53. The third-order valence-electron chi connectivity index (χ3n) is 8.72. The zero-order chi connectivity index (χ0) is 33.7. The number of halogens is 6. The number of H-pyrrole nitrogens is 1. The van der Waals surface area contributed by atoms with Crippen molar-refractivity contribution in [2.24, 2.45) is 0 Å². The van der Waals surface area contributed by atoms with E-state index >= 15 is 0 Å². The second kappa shape index (κ2) is 18.6. The van der Waals surface area contributed by atoms with Gasteiger partial charge in [-0.1, -0.05) is 60.7 Å². The Morgan fingerprint density at radius 1 is 0.922 bits per heavy atom. The lowest BCUT2D eigenvalue weighted by atomic mass is 9.81. The highest BCUT2D eigenvalue weighted by molar-refractivity contribution is 5.92. The molecule has 11 nitrogen and oxygen atoms in total. The number of nitrogens with one attached hydrogen (secondary N) is 1. The second-order valence-electron chi connectivity index (χ2n) is 11.8. The number of hydrogen-bond donors (Lipinski definition) is 1. The first-order chi connectivity index (χ1) is 23.2. The van der Waals surface area contributed by atoms with Gasteiger partial charge in [-0.05, 0) is 18.1 Å². The minimum Gasteiger partial charge on any atom is -0.481 e. The molecule has 4 aromatic rings. The number of aromatic amines is 1. The van der Waals surface area contributed by atoms with E-state index in [1.807, 2.05) is 41.3 Å². The molecule has 2 aliphatic rings. The van der Waals surface area contributed by atoms with Crippen LogP contribution in [0.25, 0.3) is 0 Å². The molecule has 0 radical (unpaired) electrons. The van der Waals surface area contributed by atoms with Gasteiger partial charge in [-0.3, -0.25) is 14.6 Å². The molecule has 0 bridgehead atoms. The van der Waals surface area contributed by atoms with Crippen LogP contribution < -0.4 is 14.2 Å². The van der Waals surface area contributed by atoms with Crippen molar-refractivity contribution >= 4 is 43.1 Å². The Morgan fingerprint density at radius 2 is 1.57 bits per heavy atom. The Kier molecular flexibility index (Phi) is 15.2. The molecule has 2 fully saturated rings. The maximum atomic E-state index is 13.4. The molecule has 51 heavy (non-hydrogen) atoms. The van der Waals surface area contributed by atoms with Crippen molar-refractivity contribution in [1.29, 1.82) is 0 Å². The molecule has 1 N–H and O–H groups in total. The molecule has 2 atom stereocenters. The van der Waals surface area contributed by atoms with Gasteiger partial charge < -0.3 is 24.1 Å². The third kappa shape index (κ3) is 9.95. The van der Waals surface area contributed by atoms with E-state index in [9.17, 15) is 18.0 Å². The number of imidazole rings is 1. The van der Waals surface area contributed by atoms with Gasteiger partial charge in [0.05, 0.1) is 31.8 Å². The molecule has 4 heterocycles. The van der Waals surface area contributed by atoms with Gasteiger partial charge in [0.2, 0.25) is 11.8 Å². The minimum absolute atomic E-state index is 0. The summed E-state index contributed by atoms with van der Waals surface area (Å²) in [5, 5.41) is 0. The summed E-state index contributed by atoms with van der Waals surface area (Å²) < 4.78 is 56.2. The minimum atomic E-state index is -4.58. The van der Waals surface area contributed by atoms with Crippen LogP contribution in [-0.4, -0.2) is 112 Å². The van der Waals surface area contributed by atoms with E-state index in [0.29, 0.717) is 38.4 Å². The lowest BCUT2D eigenvalue weighted by molar-refractivity contribution is -0.154. The van der Waals surface area contributed by atoms with Gasteiger partial charge in [-0.2, -0.15) is 23.1 Å². The fourth-order valence-electron chi connectivity index (χ4n) is 6.74. The Bertz CT molecular complexity index is 1620. The quantitative estimate of drug-likeness (QED) is 0.207. The van der Waals surface area contributed by atoms with Crippen LogP contribution in [0.5, 0.6) is 17.8 Å².